The van der Waals surface area contributed by atoms with Gasteiger partial charge in [-0.05, 0) is 0 Å². The van der Waals surface area contributed by atoms with E-state index < -0.39 is 12.3 Å². The van der Waals surface area contributed by atoms with Crippen molar-refractivity contribution >= 4 is 49.0 Å². The van der Waals surface area contributed by atoms with Crippen LogP contribution in [0.1, 0.15) is 51.4 Å². The summed E-state index contributed by atoms with van der Waals surface area (Å²) in [6.07, 6.45) is 4.56. The predicted molar refractivity (Wildman–Crippen MR) is 63.3 cm³/mol. The van der Waals surface area contributed by atoms with Gasteiger partial charge in [0.15, 0.2) is 0 Å². The molecule has 4 heteroatoms. The summed E-state index contributed by atoms with van der Waals surface area (Å²) >= 11 is 0.410. The van der Waals surface area contributed by atoms with Crippen LogP contribution in [0.2, 0.25) is 0.515 Å². The number of halogens is 3. The molecule has 0 fully saturated rings. The second-order valence-corrected chi connectivity index (χ2v) is 5.67. The molecule has 0 bridgehead atoms. The average molecular weight is 262 g/mol. The zero-order chi connectivity index (χ0) is 12.2. The monoisotopic (exact) mass is 262 g/mol. The first kappa shape index (κ1) is 17.4. The van der Waals surface area contributed by atoms with E-state index in [2.05, 4.69) is 0 Å². The van der Waals surface area contributed by atoms with Gasteiger partial charge >= 0.3 is 129 Å². The summed E-state index contributed by atoms with van der Waals surface area (Å²) in [4.78, 5) is 0. The van der Waals surface area contributed by atoms with Crippen molar-refractivity contribution in [1.29, 1.82) is 0 Å². The minimum atomic E-state index is -1.23. The topological polar surface area (TPSA) is 0 Å². The summed E-state index contributed by atoms with van der Waals surface area (Å²) in [5, 5.41) is 0. The Kier molecular flexibility index (Phi) is 14.0. The first-order valence-electron chi connectivity index (χ1n) is 6.56. The molecule has 0 heterocycles. The molecular weight excluding hydrogens is 240 g/mol. The molecule has 0 saturated carbocycles. The van der Waals surface area contributed by atoms with Crippen LogP contribution in [0.3, 0.4) is 0 Å². The summed E-state index contributed by atoms with van der Waals surface area (Å²) in [6.45, 7) is -0.219. The fourth-order valence-electron chi connectivity index (χ4n) is 1.75. The maximum absolute atomic E-state index is 13.1. The van der Waals surface area contributed by atoms with Crippen LogP contribution < -0.4 is 0 Å². The molecular formula is C12H22F3K. The van der Waals surface area contributed by atoms with Gasteiger partial charge in [-0.1, -0.05) is 0 Å². The molecule has 0 aliphatic heterocycles. The van der Waals surface area contributed by atoms with E-state index in [1.165, 1.54) is 0 Å². The molecule has 0 nitrogen and oxygen atoms in total. The standard InChI is InChI=1S/C12H22F3.K/c1-11(14)12(15)9-7-5-3-2-4-6-8-10-13;/h11-12H,1-10H2;. The third-order valence-electron chi connectivity index (χ3n) is 2.90. The molecule has 92 valence electrons. The van der Waals surface area contributed by atoms with Gasteiger partial charge in [0.1, 0.15) is 0 Å². The van der Waals surface area contributed by atoms with Gasteiger partial charge in [-0.25, -0.2) is 0 Å². The molecule has 2 atom stereocenters. The molecule has 2 unspecified atom stereocenters. The number of hydrogen-bond donors (Lipinski definition) is 0. The van der Waals surface area contributed by atoms with Crippen molar-refractivity contribution in [3.05, 3.63) is 0 Å². The van der Waals surface area contributed by atoms with Crippen LogP contribution in [0.25, 0.3) is 0 Å². The molecule has 16 heavy (non-hydrogen) atoms. The van der Waals surface area contributed by atoms with Crippen molar-refractivity contribution in [2.75, 3.05) is 6.67 Å². The number of rotatable bonds is 11. The normalized spacial score (nSPS) is 15.1. The van der Waals surface area contributed by atoms with E-state index in [1.54, 1.807) is 0 Å². The Hall–Kier alpha value is 1.43. The van der Waals surface area contributed by atoms with Gasteiger partial charge in [-0.2, -0.15) is 0 Å². The van der Waals surface area contributed by atoms with Gasteiger partial charge in [0.25, 0.3) is 0 Å². The number of hydrogen-bond acceptors (Lipinski definition) is 0. The average Bonchev–Trinajstić information content (AvgIpc) is 2.31. The van der Waals surface area contributed by atoms with Crippen LogP contribution in [0.5, 0.6) is 0 Å². The van der Waals surface area contributed by atoms with Gasteiger partial charge in [-0.3, -0.25) is 4.39 Å². The third-order valence-corrected chi connectivity index (χ3v) is 4.11. The molecule has 0 aromatic carbocycles. The van der Waals surface area contributed by atoms with Crippen molar-refractivity contribution in [2.24, 2.45) is 0 Å². The van der Waals surface area contributed by atoms with Crippen LogP contribution in [0.15, 0.2) is 0 Å². The SMILES string of the molecule is FCCCCCCCCCC(F)C(F)[CH2][K]. The maximum atomic E-state index is 13.1. The Balaban J connectivity index is 3.14. The Morgan fingerprint density at radius 1 is 0.750 bits per heavy atom. The molecule has 0 radical (unpaired) electrons. The molecule has 0 N–H and O–H groups in total. The van der Waals surface area contributed by atoms with Crippen LogP contribution in [-0.2, 0) is 0 Å². The summed E-state index contributed by atoms with van der Waals surface area (Å²) < 4.78 is 38.2. The van der Waals surface area contributed by atoms with Crippen molar-refractivity contribution < 1.29 is 13.2 Å². The predicted octanol–water partition coefficient (Wildman–Crippen LogP) is 4.34. The molecule has 0 amide bonds. The van der Waals surface area contributed by atoms with Crippen molar-refractivity contribution in [3.8, 4) is 0 Å². The summed E-state index contributed by atoms with van der Waals surface area (Å²) in [5.74, 6) is 0. The second kappa shape index (κ2) is 12.9. The molecule has 0 spiro atoms. The van der Waals surface area contributed by atoms with Gasteiger partial charge in [-0.15, -0.1) is 0 Å². The summed E-state index contributed by atoms with van der Waals surface area (Å²) in [7, 11) is 0. The van der Waals surface area contributed by atoms with E-state index in [0.29, 0.717) is 62.3 Å². The zero-order valence-corrected chi connectivity index (χ0v) is 13.5. The van der Waals surface area contributed by atoms with Crippen molar-refractivity contribution in [1.82, 2.24) is 0 Å². The van der Waals surface area contributed by atoms with E-state index in [4.69, 9.17) is 0 Å². The third kappa shape index (κ3) is 10.6. The van der Waals surface area contributed by atoms with Crippen molar-refractivity contribution in [2.45, 2.75) is 64.2 Å². The van der Waals surface area contributed by atoms with E-state index in [0.717, 1.165) is 38.5 Å². The Morgan fingerprint density at radius 3 is 1.75 bits per heavy atom. The van der Waals surface area contributed by atoms with Gasteiger partial charge in [0.05, 0.1) is 0 Å². The summed E-state index contributed by atoms with van der Waals surface area (Å²) in [5.41, 5.74) is 0. The van der Waals surface area contributed by atoms with Gasteiger partial charge < -0.3 is 0 Å². The number of alkyl halides is 3. The molecule has 0 saturated heterocycles. The van der Waals surface area contributed by atoms with Crippen LogP contribution in [-0.4, -0.2) is 68.0 Å². The second-order valence-electron chi connectivity index (χ2n) is 4.39. The molecule has 0 aromatic rings. The quantitative estimate of drug-likeness (QED) is 0.384. The number of unbranched alkanes of at least 4 members (excludes halogenated alkanes) is 6. The zero-order valence-electron chi connectivity index (χ0n) is 10.4. The molecule has 0 aromatic heterocycles. The van der Waals surface area contributed by atoms with E-state index in [9.17, 15) is 13.2 Å². The fraction of sp³-hybridized carbons (Fsp3) is 1.00. The first-order valence-corrected chi connectivity index (χ1v) is 8.77. The van der Waals surface area contributed by atoms with E-state index in [1.807, 2.05) is 0 Å². The molecule has 0 rings (SSSR count). The van der Waals surface area contributed by atoms with E-state index >= 15 is 0 Å². The van der Waals surface area contributed by atoms with Gasteiger partial charge in [0, 0.05) is 0 Å². The Bertz CT molecular complexity index is 144. The van der Waals surface area contributed by atoms with Crippen LogP contribution >= 0.6 is 0 Å². The first-order chi connectivity index (χ1) is 7.72. The van der Waals surface area contributed by atoms with Crippen molar-refractivity contribution in [3.63, 3.8) is 0 Å². The Morgan fingerprint density at radius 2 is 1.25 bits per heavy atom. The molecule has 0 aliphatic carbocycles. The Labute approximate surface area is 131 Å². The minimum absolute atomic E-state index is 0.219. The van der Waals surface area contributed by atoms with Crippen LogP contribution in [0.4, 0.5) is 13.2 Å². The van der Waals surface area contributed by atoms with Crippen LogP contribution in [0, 0.1) is 0 Å². The summed E-state index contributed by atoms with van der Waals surface area (Å²) in [6, 6.07) is 0. The van der Waals surface area contributed by atoms with Gasteiger partial charge in [0.2, 0.25) is 0 Å². The fourth-order valence-corrected chi connectivity index (χ4v) is 2.55. The van der Waals surface area contributed by atoms with E-state index in [-0.39, 0.29) is 6.67 Å². The molecule has 0 aliphatic rings.